The molecule has 0 bridgehead atoms. The molecule has 1 aromatic rings. The summed E-state index contributed by atoms with van der Waals surface area (Å²) in [7, 11) is 0. The predicted octanol–water partition coefficient (Wildman–Crippen LogP) is 2.11. The van der Waals surface area contributed by atoms with Crippen molar-refractivity contribution in [1.29, 1.82) is 0 Å². The third-order valence-electron chi connectivity index (χ3n) is 3.62. The summed E-state index contributed by atoms with van der Waals surface area (Å²) in [6.07, 6.45) is 3.18. The average molecular weight is 277 g/mol. The van der Waals surface area contributed by atoms with Gasteiger partial charge in [0.15, 0.2) is 5.78 Å². The highest BCUT2D eigenvalue weighted by Crippen LogP contribution is 2.18. The summed E-state index contributed by atoms with van der Waals surface area (Å²) in [5, 5.41) is 10.0. The van der Waals surface area contributed by atoms with Crippen molar-refractivity contribution in [3.63, 3.8) is 0 Å². The van der Waals surface area contributed by atoms with E-state index < -0.39 is 6.10 Å². The maximum absolute atomic E-state index is 11.5. The molecule has 0 aromatic heterocycles. The number of hydrogen-bond donors (Lipinski definition) is 1. The minimum Gasteiger partial charge on any atom is -0.490 e. The number of piperidine rings is 1. The summed E-state index contributed by atoms with van der Waals surface area (Å²) in [6.45, 7) is 4.50. The largest absolute Gasteiger partial charge is 0.490 e. The highest BCUT2D eigenvalue weighted by molar-refractivity contribution is 5.96. The Balaban J connectivity index is 1.83. The Bertz CT molecular complexity index is 441. The van der Waals surface area contributed by atoms with Crippen molar-refractivity contribution in [3.8, 4) is 5.75 Å². The lowest BCUT2D eigenvalue weighted by Gasteiger charge is -2.28. The molecule has 1 N–H and O–H groups in total. The lowest BCUT2D eigenvalue weighted by Crippen LogP contribution is -2.38. The lowest BCUT2D eigenvalue weighted by molar-refractivity contribution is 0.0611. The van der Waals surface area contributed by atoms with Crippen LogP contribution in [0.3, 0.4) is 0 Å². The minimum atomic E-state index is -0.520. The average Bonchev–Trinajstić information content (AvgIpc) is 2.46. The number of ketones is 1. The van der Waals surface area contributed by atoms with Gasteiger partial charge in [0.25, 0.3) is 0 Å². The van der Waals surface area contributed by atoms with Gasteiger partial charge < -0.3 is 14.7 Å². The maximum Gasteiger partial charge on any atom is 0.163 e. The number of benzene rings is 1. The highest BCUT2D eigenvalue weighted by atomic mass is 16.5. The zero-order valence-electron chi connectivity index (χ0n) is 12.0. The number of aliphatic hydroxyl groups excluding tert-OH is 1. The van der Waals surface area contributed by atoms with E-state index in [0.29, 0.717) is 17.9 Å². The van der Waals surface area contributed by atoms with Crippen LogP contribution in [0.4, 0.5) is 0 Å². The molecule has 20 heavy (non-hydrogen) atoms. The molecule has 4 heteroatoms. The molecule has 1 aliphatic heterocycles. The Labute approximate surface area is 120 Å². The number of nitrogens with zero attached hydrogens (tertiary/aromatic N) is 1. The minimum absolute atomic E-state index is 0.0221. The van der Waals surface area contributed by atoms with Gasteiger partial charge in [0, 0.05) is 6.54 Å². The van der Waals surface area contributed by atoms with Crippen molar-refractivity contribution in [2.75, 3.05) is 26.2 Å². The third kappa shape index (κ3) is 4.32. The fraction of sp³-hybridized carbons (Fsp3) is 0.562. The molecule has 0 saturated carbocycles. The van der Waals surface area contributed by atoms with Crippen LogP contribution in [0.2, 0.25) is 0 Å². The Morgan fingerprint density at radius 2 is 2.00 bits per heavy atom. The first-order chi connectivity index (χ1) is 9.66. The Morgan fingerprint density at radius 1 is 1.30 bits per heavy atom. The van der Waals surface area contributed by atoms with Crippen LogP contribution in [0.5, 0.6) is 5.75 Å². The first kappa shape index (κ1) is 15.0. The summed E-state index contributed by atoms with van der Waals surface area (Å²) in [5.41, 5.74) is 0.567. The van der Waals surface area contributed by atoms with Gasteiger partial charge in [-0.1, -0.05) is 18.6 Å². The van der Waals surface area contributed by atoms with E-state index in [4.69, 9.17) is 4.74 Å². The van der Waals surface area contributed by atoms with E-state index in [1.807, 2.05) is 12.1 Å². The number of ether oxygens (including phenoxy) is 1. The number of carbonyl (C=O) groups excluding carboxylic acids is 1. The number of rotatable bonds is 6. The topological polar surface area (TPSA) is 49.8 Å². The normalized spacial score (nSPS) is 17.7. The summed E-state index contributed by atoms with van der Waals surface area (Å²) in [5.74, 6) is 0.531. The molecular weight excluding hydrogens is 254 g/mol. The van der Waals surface area contributed by atoms with Gasteiger partial charge in [-0.2, -0.15) is 0 Å². The predicted molar refractivity (Wildman–Crippen MR) is 78.2 cm³/mol. The molecule has 0 radical (unpaired) electrons. The van der Waals surface area contributed by atoms with E-state index in [1.54, 1.807) is 12.1 Å². The van der Waals surface area contributed by atoms with Crippen LogP contribution in [0, 0.1) is 0 Å². The van der Waals surface area contributed by atoms with Crippen LogP contribution in [-0.4, -0.2) is 48.1 Å². The van der Waals surface area contributed by atoms with Gasteiger partial charge in [-0.25, -0.2) is 0 Å². The van der Waals surface area contributed by atoms with Crippen LogP contribution >= 0.6 is 0 Å². The van der Waals surface area contributed by atoms with Crippen LogP contribution in [-0.2, 0) is 0 Å². The maximum atomic E-state index is 11.5. The second kappa shape index (κ2) is 7.41. The van der Waals surface area contributed by atoms with E-state index in [2.05, 4.69) is 4.90 Å². The summed E-state index contributed by atoms with van der Waals surface area (Å²) in [6, 6.07) is 7.16. The van der Waals surface area contributed by atoms with E-state index in [1.165, 1.54) is 26.2 Å². The number of aliphatic hydroxyl groups is 1. The van der Waals surface area contributed by atoms with Crippen molar-refractivity contribution in [2.24, 2.45) is 0 Å². The second-order valence-corrected chi connectivity index (χ2v) is 5.38. The summed E-state index contributed by atoms with van der Waals surface area (Å²) < 4.78 is 5.60. The third-order valence-corrected chi connectivity index (χ3v) is 3.62. The Kier molecular flexibility index (Phi) is 5.56. The molecule has 1 fully saturated rings. The molecule has 1 saturated heterocycles. The number of carbonyl (C=O) groups is 1. The SMILES string of the molecule is CC(=O)c1ccccc1OC[C@H](O)CN1CCCCC1. The molecule has 1 atom stereocenters. The highest BCUT2D eigenvalue weighted by Gasteiger charge is 2.16. The molecule has 0 unspecified atom stereocenters. The van der Waals surface area contributed by atoms with Crippen molar-refractivity contribution in [2.45, 2.75) is 32.3 Å². The lowest BCUT2D eigenvalue weighted by atomic mass is 10.1. The number of hydrogen-bond acceptors (Lipinski definition) is 4. The van der Waals surface area contributed by atoms with Gasteiger partial charge in [0.1, 0.15) is 18.5 Å². The molecule has 4 nitrogen and oxygen atoms in total. The van der Waals surface area contributed by atoms with E-state index in [0.717, 1.165) is 13.1 Å². The molecular formula is C16H23NO3. The molecule has 0 spiro atoms. The van der Waals surface area contributed by atoms with Gasteiger partial charge in [0.2, 0.25) is 0 Å². The zero-order chi connectivity index (χ0) is 14.4. The van der Waals surface area contributed by atoms with Crippen LogP contribution in [0.25, 0.3) is 0 Å². The summed E-state index contributed by atoms with van der Waals surface area (Å²) in [4.78, 5) is 13.7. The van der Waals surface area contributed by atoms with E-state index in [-0.39, 0.29) is 12.4 Å². The molecule has 0 amide bonds. The molecule has 1 heterocycles. The standard InChI is InChI=1S/C16H23NO3/c1-13(18)15-7-3-4-8-16(15)20-12-14(19)11-17-9-5-2-6-10-17/h3-4,7-8,14,19H,2,5-6,9-12H2,1H3/t14-/m1/s1. The first-order valence-electron chi connectivity index (χ1n) is 7.30. The molecule has 110 valence electrons. The molecule has 2 rings (SSSR count). The fourth-order valence-electron chi connectivity index (χ4n) is 2.56. The van der Waals surface area contributed by atoms with Gasteiger partial charge in [-0.05, 0) is 45.0 Å². The van der Waals surface area contributed by atoms with Crippen LogP contribution in [0.1, 0.15) is 36.5 Å². The number of likely N-dealkylation sites (tertiary alicyclic amines) is 1. The van der Waals surface area contributed by atoms with Crippen LogP contribution < -0.4 is 4.74 Å². The first-order valence-corrected chi connectivity index (χ1v) is 7.30. The Hall–Kier alpha value is -1.39. The van der Waals surface area contributed by atoms with E-state index >= 15 is 0 Å². The fourth-order valence-corrected chi connectivity index (χ4v) is 2.56. The quantitative estimate of drug-likeness (QED) is 0.809. The van der Waals surface area contributed by atoms with Crippen LogP contribution in [0.15, 0.2) is 24.3 Å². The molecule has 1 aliphatic rings. The van der Waals surface area contributed by atoms with Gasteiger partial charge in [0.05, 0.1) is 5.56 Å². The van der Waals surface area contributed by atoms with E-state index in [9.17, 15) is 9.90 Å². The smallest absolute Gasteiger partial charge is 0.163 e. The van der Waals surface area contributed by atoms with Gasteiger partial charge in [-0.3, -0.25) is 4.79 Å². The molecule has 1 aromatic carbocycles. The number of para-hydroxylation sites is 1. The van der Waals surface area contributed by atoms with Gasteiger partial charge in [-0.15, -0.1) is 0 Å². The monoisotopic (exact) mass is 277 g/mol. The Morgan fingerprint density at radius 3 is 2.70 bits per heavy atom. The zero-order valence-corrected chi connectivity index (χ0v) is 12.0. The number of β-amino-alcohol motifs (C(OH)–C–C–N with tert-alkyl or cyclic N) is 1. The molecule has 0 aliphatic carbocycles. The van der Waals surface area contributed by atoms with Crippen molar-refractivity contribution in [1.82, 2.24) is 4.90 Å². The summed E-state index contributed by atoms with van der Waals surface area (Å²) >= 11 is 0. The second-order valence-electron chi connectivity index (χ2n) is 5.38. The number of Topliss-reactive ketones (excluding diaryl/α,β-unsaturated/α-hetero) is 1. The van der Waals surface area contributed by atoms with Gasteiger partial charge >= 0.3 is 0 Å². The van der Waals surface area contributed by atoms with Crippen molar-refractivity contribution in [3.05, 3.63) is 29.8 Å². The van der Waals surface area contributed by atoms with Crippen molar-refractivity contribution >= 4 is 5.78 Å². The van der Waals surface area contributed by atoms with Crippen molar-refractivity contribution < 1.29 is 14.6 Å².